The molecule has 2 aromatic rings. The van der Waals surface area contributed by atoms with Crippen LogP contribution in [0.25, 0.3) is 5.69 Å². The van der Waals surface area contributed by atoms with Crippen molar-refractivity contribution in [1.29, 1.82) is 0 Å². The first kappa shape index (κ1) is 20.4. The van der Waals surface area contributed by atoms with Crippen LogP contribution in [0.5, 0.6) is 0 Å². The molecule has 0 spiro atoms. The zero-order valence-corrected chi connectivity index (χ0v) is 16.8. The van der Waals surface area contributed by atoms with Crippen LogP contribution in [0.4, 0.5) is 0 Å². The van der Waals surface area contributed by atoms with Crippen molar-refractivity contribution in [1.82, 2.24) is 20.4 Å². The number of rotatable bonds is 9. The lowest BCUT2D eigenvalue weighted by molar-refractivity contribution is 0.0888. The van der Waals surface area contributed by atoms with Gasteiger partial charge in [-0.2, -0.15) is 5.10 Å². The molecule has 152 valence electrons. The van der Waals surface area contributed by atoms with Gasteiger partial charge in [0.15, 0.2) is 5.96 Å². The fourth-order valence-electron chi connectivity index (χ4n) is 3.19. The van der Waals surface area contributed by atoms with Crippen molar-refractivity contribution in [2.75, 3.05) is 40.0 Å². The smallest absolute Gasteiger partial charge is 0.191 e. The molecule has 2 heterocycles. The molecule has 0 saturated carbocycles. The topological polar surface area (TPSA) is 72.7 Å². The molecule has 7 heteroatoms. The first-order chi connectivity index (χ1) is 13.8. The zero-order chi connectivity index (χ0) is 19.6. The molecular weight excluding hydrogens is 354 g/mol. The summed E-state index contributed by atoms with van der Waals surface area (Å²) < 4.78 is 13.0. The van der Waals surface area contributed by atoms with Gasteiger partial charge >= 0.3 is 0 Å². The molecule has 7 nitrogen and oxygen atoms in total. The number of benzene rings is 1. The van der Waals surface area contributed by atoms with Crippen LogP contribution >= 0.6 is 0 Å². The van der Waals surface area contributed by atoms with Gasteiger partial charge in [0.05, 0.1) is 24.9 Å². The van der Waals surface area contributed by atoms with E-state index in [1.807, 2.05) is 29.1 Å². The van der Waals surface area contributed by atoms with E-state index in [2.05, 4.69) is 39.8 Å². The fourth-order valence-corrected chi connectivity index (χ4v) is 3.19. The maximum Gasteiger partial charge on any atom is 0.191 e. The number of nitrogens with zero attached hydrogens (tertiary/aromatic N) is 3. The maximum absolute atomic E-state index is 5.74. The van der Waals surface area contributed by atoms with Crippen molar-refractivity contribution in [2.45, 2.75) is 25.8 Å². The van der Waals surface area contributed by atoms with Crippen molar-refractivity contribution < 1.29 is 9.47 Å². The van der Waals surface area contributed by atoms with Crippen LogP contribution < -0.4 is 10.6 Å². The molecule has 28 heavy (non-hydrogen) atoms. The Balaban J connectivity index is 1.39. The lowest BCUT2D eigenvalue weighted by atomic mass is 10.1. The standard InChI is InChI=1S/C21H31N5O2/c1-17(19-6-3-7-20(14-19)26-11-4-10-24-26)25-21(22-2)23-9-5-12-27-15-18-8-13-28-16-18/h3-4,6-7,10-11,14,17-18H,5,8-9,12-13,15-16H2,1-2H3,(H2,22,23,25). The molecule has 1 fully saturated rings. The van der Waals surface area contributed by atoms with Crippen molar-refractivity contribution >= 4 is 5.96 Å². The Morgan fingerprint density at radius 3 is 3.11 bits per heavy atom. The quantitative estimate of drug-likeness (QED) is 0.394. The van der Waals surface area contributed by atoms with Crippen molar-refractivity contribution in [2.24, 2.45) is 10.9 Å². The average molecular weight is 386 g/mol. The van der Waals surface area contributed by atoms with Gasteiger partial charge in [-0.05, 0) is 43.5 Å². The third-order valence-electron chi connectivity index (χ3n) is 4.85. The van der Waals surface area contributed by atoms with E-state index >= 15 is 0 Å². The highest BCUT2D eigenvalue weighted by Gasteiger charge is 2.15. The van der Waals surface area contributed by atoms with E-state index < -0.39 is 0 Å². The van der Waals surface area contributed by atoms with E-state index in [4.69, 9.17) is 9.47 Å². The summed E-state index contributed by atoms with van der Waals surface area (Å²) in [6.07, 6.45) is 5.79. The SMILES string of the molecule is CN=C(NCCCOCC1CCOC1)NC(C)c1cccc(-n2cccn2)c1. The van der Waals surface area contributed by atoms with Gasteiger partial charge in [0.25, 0.3) is 0 Å². The molecule has 1 aromatic heterocycles. The summed E-state index contributed by atoms with van der Waals surface area (Å²) in [5.41, 5.74) is 2.22. The van der Waals surface area contributed by atoms with Crippen molar-refractivity contribution in [3.63, 3.8) is 0 Å². The second kappa shape index (κ2) is 10.8. The summed E-state index contributed by atoms with van der Waals surface area (Å²) in [4.78, 5) is 4.33. The van der Waals surface area contributed by atoms with Crippen molar-refractivity contribution in [3.8, 4) is 5.69 Å². The number of aromatic nitrogens is 2. The third kappa shape index (κ3) is 6.07. The molecule has 2 unspecified atom stereocenters. The summed E-state index contributed by atoms with van der Waals surface area (Å²) in [7, 11) is 1.79. The van der Waals surface area contributed by atoms with Crippen LogP contribution in [0, 0.1) is 5.92 Å². The van der Waals surface area contributed by atoms with Gasteiger partial charge in [-0.1, -0.05) is 12.1 Å². The molecule has 0 bridgehead atoms. The van der Waals surface area contributed by atoms with Crippen molar-refractivity contribution in [3.05, 3.63) is 48.3 Å². The molecule has 2 atom stereocenters. The molecule has 0 aliphatic carbocycles. The number of hydrogen-bond acceptors (Lipinski definition) is 4. The second-order valence-corrected chi connectivity index (χ2v) is 7.07. The fraction of sp³-hybridized carbons (Fsp3) is 0.524. The van der Waals surface area contributed by atoms with E-state index in [9.17, 15) is 0 Å². The van der Waals surface area contributed by atoms with E-state index in [0.717, 1.165) is 57.5 Å². The van der Waals surface area contributed by atoms with Crippen LogP contribution in [0.2, 0.25) is 0 Å². The van der Waals surface area contributed by atoms with E-state index in [-0.39, 0.29) is 6.04 Å². The second-order valence-electron chi connectivity index (χ2n) is 7.07. The van der Waals surface area contributed by atoms with Crippen LogP contribution in [-0.4, -0.2) is 55.8 Å². The highest BCUT2D eigenvalue weighted by atomic mass is 16.5. The predicted molar refractivity (Wildman–Crippen MR) is 111 cm³/mol. The largest absolute Gasteiger partial charge is 0.381 e. The highest BCUT2D eigenvalue weighted by molar-refractivity contribution is 5.80. The Hall–Kier alpha value is -2.38. The maximum atomic E-state index is 5.74. The summed E-state index contributed by atoms with van der Waals surface area (Å²) in [5, 5.41) is 11.1. The first-order valence-corrected chi connectivity index (χ1v) is 9.99. The molecule has 0 radical (unpaired) electrons. The molecule has 1 saturated heterocycles. The zero-order valence-electron chi connectivity index (χ0n) is 16.8. The van der Waals surface area contributed by atoms with E-state index in [1.165, 1.54) is 5.56 Å². The summed E-state index contributed by atoms with van der Waals surface area (Å²) >= 11 is 0. The number of nitrogens with one attached hydrogen (secondary N) is 2. The first-order valence-electron chi connectivity index (χ1n) is 9.99. The van der Waals surface area contributed by atoms with Crippen LogP contribution in [0.15, 0.2) is 47.7 Å². The predicted octanol–water partition coefficient (Wildman–Crippen LogP) is 2.54. The monoisotopic (exact) mass is 385 g/mol. The van der Waals surface area contributed by atoms with Crippen LogP contribution in [-0.2, 0) is 9.47 Å². The molecule has 0 amide bonds. The normalized spacial score (nSPS) is 18.2. The Kier molecular flexibility index (Phi) is 7.87. The average Bonchev–Trinajstić information content (AvgIpc) is 3.44. The minimum Gasteiger partial charge on any atom is -0.381 e. The van der Waals surface area contributed by atoms with Crippen LogP contribution in [0.1, 0.15) is 31.4 Å². The molecular formula is C21H31N5O2. The summed E-state index contributed by atoms with van der Waals surface area (Å²) in [5.74, 6) is 1.36. The molecule has 1 aliphatic heterocycles. The number of guanidine groups is 1. The molecule has 1 aliphatic rings. The minimum atomic E-state index is 0.125. The van der Waals surface area contributed by atoms with Gasteiger partial charge < -0.3 is 20.1 Å². The Labute approximate surface area is 167 Å². The lowest BCUT2D eigenvalue weighted by Crippen LogP contribution is -2.39. The summed E-state index contributed by atoms with van der Waals surface area (Å²) in [6.45, 7) is 6.22. The third-order valence-corrected chi connectivity index (χ3v) is 4.85. The number of ether oxygens (including phenoxy) is 2. The van der Waals surface area contributed by atoms with Gasteiger partial charge in [0.1, 0.15) is 0 Å². The van der Waals surface area contributed by atoms with Gasteiger partial charge in [-0.3, -0.25) is 4.99 Å². The highest BCUT2D eigenvalue weighted by Crippen LogP contribution is 2.16. The Morgan fingerprint density at radius 2 is 2.36 bits per heavy atom. The number of hydrogen-bond donors (Lipinski definition) is 2. The van der Waals surface area contributed by atoms with E-state index in [1.54, 1.807) is 13.2 Å². The summed E-state index contributed by atoms with van der Waals surface area (Å²) in [6, 6.07) is 10.4. The minimum absolute atomic E-state index is 0.125. The van der Waals surface area contributed by atoms with Crippen LogP contribution in [0.3, 0.4) is 0 Å². The molecule has 3 rings (SSSR count). The number of aliphatic imine (C=N–C) groups is 1. The van der Waals surface area contributed by atoms with E-state index in [0.29, 0.717) is 5.92 Å². The van der Waals surface area contributed by atoms with Gasteiger partial charge in [-0.15, -0.1) is 0 Å². The lowest BCUT2D eigenvalue weighted by Gasteiger charge is -2.19. The molecule has 1 aromatic carbocycles. The van der Waals surface area contributed by atoms with Gasteiger partial charge in [0, 0.05) is 45.1 Å². The molecule has 2 N–H and O–H groups in total. The van der Waals surface area contributed by atoms with Gasteiger partial charge in [0.2, 0.25) is 0 Å². The Morgan fingerprint density at radius 1 is 1.43 bits per heavy atom. The van der Waals surface area contributed by atoms with Gasteiger partial charge in [-0.25, -0.2) is 4.68 Å². The Bertz CT molecular complexity index is 726.